The highest BCUT2D eigenvalue weighted by Gasteiger charge is 2.23. The molecule has 1 heterocycles. The van der Waals surface area contributed by atoms with Gasteiger partial charge in [0.25, 0.3) is 0 Å². The van der Waals surface area contributed by atoms with Gasteiger partial charge in [0.05, 0.1) is 0 Å². The average molecular weight is 262 g/mol. The number of nitrogens with zero attached hydrogens (tertiary/aromatic N) is 1. The highest BCUT2D eigenvalue weighted by Crippen LogP contribution is 2.29. The summed E-state index contributed by atoms with van der Waals surface area (Å²) in [6.07, 6.45) is 1.99. The van der Waals surface area contributed by atoms with Crippen LogP contribution in [0, 0.1) is 0 Å². The molecular weight excluding hydrogens is 236 g/mol. The summed E-state index contributed by atoms with van der Waals surface area (Å²) in [6, 6.07) is 9.09. The van der Waals surface area contributed by atoms with Crippen LogP contribution in [0.3, 0.4) is 0 Å². The van der Waals surface area contributed by atoms with E-state index in [4.69, 9.17) is 0 Å². The number of aliphatic hydroxyl groups excluding tert-OH is 1. The number of benzene rings is 1. The first-order valence-corrected chi connectivity index (χ1v) is 7.41. The SMILES string of the molecule is CC(C)c1ccccc1N1CCCNCC1CCO. The third kappa shape index (κ3) is 3.48. The molecule has 0 bridgehead atoms. The van der Waals surface area contributed by atoms with Gasteiger partial charge in [0.2, 0.25) is 0 Å². The van der Waals surface area contributed by atoms with Crippen molar-refractivity contribution in [3.8, 4) is 0 Å². The Kier molecular flexibility index (Phi) is 5.23. The van der Waals surface area contributed by atoms with Gasteiger partial charge in [-0.15, -0.1) is 0 Å². The zero-order chi connectivity index (χ0) is 13.7. The second kappa shape index (κ2) is 6.92. The molecule has 1 fully saturated rings. The molecule has 0 saturated carbocycles. The summed E-state index contributed by atoms with van der Waals surface area (Å²) >= 11 is 0. The van der Waals surface area contributed by atoms with E-state index >= 15 is 0 Å². The highest BCUT2D eigenvalue weighted by molar-refractivity contribution is 5.56. The van der Waals surface area contributed by atoms with Crippen molar-refractivity contribution >= 4 is 5.69 Å². The predicted molar refractivity (Wildman–Crippen MR) is 80.9 cm³/mol. The molecule has 0 amide bonds. The third-order valence-electron chi connectivity index (χ3n) is 3.90. The molecule has 1 saturated heterocycles. The minimum Gasteiger partial charge on any atom is -0.396 e. The van der Waals surface area contributed by atoms with Crippen LogP contribution in [-0.2, 0) is 0 Å². The van der Waals surface area contributed by atoms with Crippen molar-refractivity contribution in [1.29, 1.82) is 0 Å². The van der Waals surface area contributed by atoms with Gasteiger partial charge in [-0.25, -0.2) is 0 Å². The highest BCUT2D eigenvalue weighted by atomic mass is 16.3. The zero-order valence-corrected chi connectivity index (χ0v) is 12.1. The second-order valence-corrected chi connectivity index (χ2v) is 5.63. The van der Waals surface area contributed by atoms with Crippen LogP contribution in [0.4, 0.5) is 5.69 Å². The molecule has 3 nitrogen and oxygen atoms in total. The van der Waals surface area contributed by atoms with Crippen LogP contribution in [0.25, 0.3) is 0 Å². The minimum atomic E-state index is 0.257. The lowest BCUT2D eigenvalue weighted by atomic mass is 9.99. The van der Waals surface area contributed by atoms with Gasteiger partial charge in [0, 0.05) is 31.4 Å². The molecule has 1 aliphatic rings. The van der Waals surface area contributed by atoms with Gasteiger partial charge in [-0.1, -0.05) is 32.0 Å². The first-order valence-electron chi connectivity index (χ1n) is 7.41. The summed E-state index contributed by atoms with van der Waals surface area (Å²) in [5, 5.41) is 12.8. The fourth-order valence-corrected chi connectivity index (χ4v) is 2.90. The smallest absolute Gasteiger partial charge is 0.0451 e. The maximum absolute atomic E-state index is 9.30. The summed E-state index contributed by atoms with van der Waals surface area (Å²) in [7, 11) is 0. The normalized spacial score (nSPS) is 20.6. The number of anilines is 1. The zero-order valence-electron chi connectivity index (χ0n) is 12.1. The number of hydrogen-bond donors (Lipinski definition) is 2. The molecule has 0 aliphatic carbocycles. The summed E-state index contributed by atoms with van der Waals surface area (Å²) in [4.78, 5) is 2.49. The summed E-state index contributed by atoms with van der Waals surface area (Å²) in [6.45, 7) is 7.86. The standard InChI is InChI=1S/C16H26N2O/c1-13(2)15-6-3-4-7-16(15)18-10-5-9-17-12-14(18)8-11-19/h3-4,6-7,13-14,17,19H,5,8-12H2,1-2H3. The van der Waals surface area contributed by atoms with E-state index in [1.807, 2.05) is 0 Å². The molecule has 1 aromatic rings. The van der Waals surface area contributed by atoms with E-state index in [0.29, 0.717) is 12.0 Å². The Balaban J connectivity index is 2.30. The van der Waals surface area contributed by atoms with Gasteiger partial charge >= 0.3 is 0 Å². The van der Waals surface area contributed by atoms with Gasteiger partial charge in [0.15, 0.2) is 0 Å². The van der Waals surface area contributed by atoms with Crippen LogP contribution >= 0.6 is 0 Å². The summed E-state index contributed by atoms with van der Waals surface area (Å²) in [5.41, 5.74) is 2.76. The third-order valence-corrected chi connectivity index (χ3v) is 3.90. The Bertz CT molecular complexity index is 392. The van der Waals surface area contributed by atoms with Gasteiger partial charge in [-0.3, -0.25) is 0 Å². The van der Waals surface area contributed by atoms with Crippen LogP contribution < -0.4 is 10.2 Å². The molecule has 3 heteroatoms. The molecule has 19 heavy (non-hydrogen) atoms. The van der Waals surface area contributed by atoms with E-state index < -0.39 is 0 Å². The van der Waals surface area contributed by atoms with E-state index in [-0.39, 0.29) is 6.61 Å². The molecule has 2 N–H and O–H groups in total. The molecular formula is C16H26N2O. The first kappa shape index (κ1) is 14.4. The van der Waals surface area contributed by atoms with Gasteiger partial charge in [0.1, 0.15) is 0 Å². The van der Waals surface area contributed by atoms with Crippen LogP contribution in [-0.4, -0.2) is 37.4 Å². The van der Waals surface area contributed by atoms with Crippen LogP contribution in [0.5, 0.6) is 0 Å². The van der Waals surface area contributed by atoms with Crippen molar-refractivity contribution in [2.45, 2.75) is 38.6 Å². The van der Waals surface area contributed by atoms with Crippen LogP contribution in [0.2, 0.25) is 0 Å². The Labute approximate surface area is 116 Å². The number of hydrogen-bond acceptors (Lipinski definition) is 3. The fraction of sp³-hybridized carbons (Fsp3) is 0.625. The van der Waals surface area contributed by atoms with Crippen molar-refractivity contribution in [2.75, 3.05) is 31.1 Å². The van der Waals surface area contributed by atoms with E-state index in [0.717, 1.165) is 32.5 Å². The number of rotatable bonds is 4. The lowest BCUT2D eigenvalue weighted by Crippen LogP contribution is -2.41. The molecule has 0 aromatic heterocycles. The van der Waals surface area contributed by atoms with E-state index in [2.05, 4.69) is 48.3 Å². The molecule has 1 aromatic carbocycles. The fourth-order valence-electron chi connectivity index (χ4n) is 2.90. The summed E-state index contributed by atoms with van der Waals surface area (Å²) in [5.74, 6) is 0.530. The molecule has 1 aliphatic heterocycles. The monoisotopic (exact) mass is 262 g/mol. The lowest BCUT2D eigenvalue weighted by Gasteiger charge is -2.34. The number of aliphatic hydroxyl groups is 1. The molecule has 0 spiro atoms. The molecule has 0 radical (unpaired) electrons. The topological polar surface area (TPSA) is 35.5 Å². The van der Waals surface area contributed by atoms with Crippen molar-refractivity contribution < 1.29 is 5.11 Å². The number of nitrogens with one attached hydrogen (secondary N) is 1. The van der Waals surface area contributed by atoms with Gasteiger partial charge in [-0.05, 0) is 36.9 Å². The Morgan fingerprint density at radius 3 is 2.89 bits per heavy atom. The summed E-state index contributed by atoms with van der Waals surface area (Å²) < 4.78 is 0. The quantitative estimate of drug-likeness (QED) is 0.874. The molecule has 1 atom stereocenters. The Morgan fingerprint density at radius 2 is 2.16 bits per heavy atom. The maximum atomic E-state index is 9.30. The maximum Gasteiger partial charge on any atom is 0.0451 e. The van der Waals surface area contributed by atoms with Crippen molar-refractivity contribution in [2.24, 2.45) is 0 Å². The lowest BCUT2D eigenvalue weighted by molar-refractivity contribution is 0.273. The Hall–Kier alpha value is -1.06. The van der Waals surface area contributed by atoms with Gasteiger partial charge in [-0.2, -0.15) is 0 Å². The van der Waals surface area contributed by atoms with Crippen molar-refractivity contribution in [3.05, 3.63) is 29.8 Å². The van der Waals surface area contributed by atoms with Crippen LogP contribution in [0.15, 0.2) is 24.3 Å². The number of para-hydroxylation sites is 1. The van der Waals surface area contributed by atoms with Crippen LogP contribution in [0.1, 0.15) is 38.2 Å². The second-order valence-electron chi connectivity index (χ2n) is 5.63. The average Bonchev–Trinajstić information content (AvgIpc) is 2.64. The first-order chi connectivity index (χ1) is 9.24. The van der Waals surface area contributed by atoms with E-state index in [9.17, 15) is 5.11 Å². The largest absolute Gasteiger partial charge is 0.396 e. The van der Waals surface area contributed by atoms with Crippen molar-refractivity contribution in [1.82, 2.24) is 5.32 Å². The minimum absolute atomic E-state index is 0.257. The van der Waals surface area contributed by atoms with E-state index in [1.54, 1.807) is 0 Å². The predicted octanol–water partition coefficient (Wildman–Crippen LogP) is 2.36. The van der Waals surface area contributed by atoms with E-state index in [1.165, 1.54) is 11.3 Å². The van der Waals surface area contributed by atoms with Crippen molar-refractivity contribution in [3.63, 3.8) is 0 Å². The molecule has 106 valence electrons. The molecule has 1 unspecified atom stereocenters. The Morgan fingerprint density at radius 1 is 1.37 bits per heavy atom. The van der Waals surface area contributed by atoms with Gasteiger partial charge < -0.3 is 15.3 Å². The molecule has 2 rings (SSSR count).